The number of carboxylic acids is 1. The molecule has 2 unspecified atom stereocenters. The van der Waals surface area contributed by atoms with Crippen molar-refractivity contribution in [3.8, 4) is 5.75 Å². The fourth-order valence-corrected chi connectivity index (χ4v) is 4.89. The van der Waals surface area contributed by atoms with E-state index in [0.717, 1.165) is 16.5 Å². The highest BCUT2D eigenvalue weighted by Crippen LogP contribution is 2.46. The molecule has 37 heavy (non-hydrogen) atoms. The second kappa shape index (κ2) is 9.23. The maximum Gasteiger partial charge on any atom is 0.374 e. The Balaban J connectivity index is 1.61. The second-order valence-electron chi connectivity index (χ2n) is 8.66. The first-order chi connectivity index (χ1) is 17.7. The summed E-state index contributed by atoms with van der Waals surface area (Å²) in [6.07, 6.45) is -2.17. The molecule has 0 bridgehead atoms. The van der Waals surface area contributed by atoms with E-state index in [2.05, 4.69) is 4.98 Å². The summed E-state index contributed by atoms with van der Waals surface area (Å²) < 4.78 is 5.48. The number of halogens is 1. The molecule has 0 saturated carbocycles. The molecule has 0 radical (unpaired) electrons. The van der Waals surface area contributed by atoms with Gasteiger partial charge in [0.15, 0.2) is 0 Å². The summed E-state index contributed by atoms with van der Waals surface area (Å²) in [5, 5.41) is 40.6. The molecule has 0 aliphatic carbocycles. The number of nitrogens with zero attached hydrogens (tertiary/aromatic N) is 1. The lowest BCUT2D eigenvalue weighted by atomic mass is 9.95. The van der Waals surface area contributed by atoms with Gasteiger partial charge in [-0.1, -0.05) is 24.3 Å². The highest BCUT2D eigenvalue weighted by atomic mass is 35.5. The first kappa shape index (κ1) is 24.3. The van der Waals surface area contributed by atoms with E-state index in [1.807, 2.05) is 6.07 Å². The van der Waals surface area contributed by atoms with Crippen LogP contribution in [0.25, 0.3) is 21.7 Å². The van der Waals surface area contributed by atoms with E-state index in [1.165, 1.54) is 6.07 Å². The molecule has 0 saturated heterocycles. The number of H-pyrrole nitrogens is 1. The molecule has 1 amide bonds. The third-order valence-corrected chi connectivity index (χ3v) is 6.73. The number of alkyl halides is 1. The van der Waals surface area contributed by atoms with Gasteiger partial charge in [-0.05, 0) is 35.2 Å². The van der Waals surface area contributed by atoms with Gasteiger partial charge in [0, 0.05) is 46.4 Å². The van der Waals surface area contributed by atoms with E-state index in [9.17, 15) is 24.9 Å². The predicted molar refractivity (Wildman–Crippen MR) is 138 cm³/mol. The Morgan fingerprint density at radius 1 is 1.11 bits per heavy atom. The number of fused-ring (bicyclic) bond motifs is 4. The average Bonchev–Trinajstić information content (AvgIpc) is 3.48. The Hall–Kier alpha value is -4.41. The van der Waals surface area contributed by atoms with E-state index in [4.69, 9.17) is 27.2 Å². The van der Waals surface area contributed by atoms with Crippen molar-refractivity contribution < 1.29 is 34.8 Å². The van der Waals surface area contributed by atoms with Gasteiger partial charge in [-0.15, -0.1) is 11.6 Å². The smallest absolute Gasteiger partial charge is 0.374 e. The number of ether oxygens (including phenoxy) is 1. The number of anilines is 2. The number of rotatable bonds is 6. The molecule has 0 spiro atoms. The largest absolute Gasteiger partial charge is 0.503 e. The van der Waals surface area contributed by atoms with Gasteiger partial charge in [0.25, 0.3) is 12.2 Å². The van der Waals surface area contributed by atoms with Crippen molar-refractivity contribution >= 4 is 56.5 Å². The van der Waals surface area contributed by atoms with Crippen LogP contribution in [0.5, 0.6) is 5.75 Å². The van der Waals surface area contributed by atoms with E-state index in [0.29, 0.717) is 27.8 Å². The summed E-state index contributed by atoms with van der Waals surface area (Å²) in [6.45, 7) is 0.288. The maximum atomic E-state index is 13.7. The van der Waals surface area contributed by atoms with Gasteiger partial charge in [0.2, 0.25) is 11.5 Å². The summed E-state index contributed by atoms with van der Waals surface area (Å²) in [5.74, 6) is -4.77. The van der Waals surface area contributed by atoms with Gasteiger partial charge in [-0.3, -0.25) is 4.79 Å². The summed E-state index contributed by atoms with van der Waals surface area (Å²) in [5.41, 5.74) is 8.82. The fourth-order valence-electron chi connectivity index (χ4n) is 4.64. The van der Waals surface area contributed by atoms with Crippen LogP contribution in [0.4, 0.5) is 11.4 Å². The summed E-state index contributed by atoms with van der Waals surface area (Å²) >= 11 is 6.31. The van der Waals surface area contributed by atoms with Gasteiger partial charge in [0.05, 0.1) is 5.69 Å². The van der Waals surface area contributed by atoms with Gasteiger partial charge < -0.3 is 40.8 Å². The fraction of sp³-hybridized carbons (Fsp3) is 0.154. The third-order valence-electron chi connectivity index (χ3n) is 6.35. The topological polar surface area (TPSA) is 169 Å². The van der Waals surface area contributed by atoms with Crippen LogP contribution in [-0.4, -0.2) is 56.0 Å². The number of aliphatic hydroxyl groups is 3. The van der Waals surface area contributed by atoms with Crippen molar-refractivity contribution in [3.05, 3.63) is 77.4 Å². The predicted octanol–water partition coefficient (Wildman–Crippen LogP) is 4.00. The molecular weight excluding hydrogens is 502 g/mol. The van der Waals surface area contributed by atoms with Crippen LogP contribution in [0.15, 0.2) is 66.1 Å². The van der Waals surface area contributed by atoms with E-state index in [1.54, 1.807) is 47.4 Å². The van der Waals surface area contributed by atoms with Crippen LogP contribution >= 0.6 is 11.6 Å². The average molecular weight is 524 g/mol. The maximum absolute atomic E-state index is 13.7. The standard InChI is InChI=1S/C26H22ClN3O7/c27-10-13-11-30(24(33)18-8-12-7-14(28)5-6-17(12)29-18)19-9-20(15-3-1-2-4-16(15)21(13)19)37-26(36)23(32)22(31)25(34)35/h1-9,13,26,29,31-32,36H,10-11,28H2,(H,34,35)/b23-22+. The SMILES string of the molecule is Nc1ccc2[nH]c(C(=O)N3CC(CCl)c4c3cc(OC(O)/C(O)=C(\O)C(=O)O)c3ccccc43)cc2c1. The molecule has 11 heteroatoms. The molecule has 190 valence electrons. The molecular formula is C26H22ClN3O7. The molecule has 2 heterocycles. The minimum Gasteiger partial charge on any atom is -0.503 e. The quantitative estimate of drug-likeness (QED) is 0.0724. The number of amides is 1. The number of carboxylic acid groups (broad SMARTS) is 1. The molecule has 1 aliphatic heterocycles. The third kappa shape index (κ3) is 4.15. The molecule has 0 fully saturated rings. The first-order valence-electron chi connectivity index (χ1n) is 11.2. The minimum atomic E-state index is -2.17. The van der Waals surface area contributed by atoms with Gasteiger partial charge in [0.1, 0.15) is 11.4 Å². The molecule has 4 aromatic rings. The Labute approximate surface area is 214 Å². The summed E-state index contributed by atoms with van der Waals surface area (Å²) in [6, 6.07) is 15.6. The number of aliphatic carboxylic acids is 1. The number of hydrogen-bond acceptors (Lipinski definition) is 7. The van der Waals surface area contributed by atoms with Crippen molar-refractivity contribution in [2.45, 2.75) is 12.2 Å². The molecule has 7 N–H and O–H groups in total. The number of hydrogen-bond donors (Lipinski definition) is 6. The number of aromatic amines is 1. The molecule has 1 aliphatic rings. The Bertz CT molecular complexity index is 1600. The number of nitrogen functional groups attached to an aromatic ring is 1. The second-order valence-corrected chi connectivity index (χ2v) is 8.97. The van der Waals surface area contributed by atoms with Crippen LogP contribution in [0, 0.1) is 0 Å². The number of carbonyl (C=O) groups is 2. The monoisotopic (exact) mass is 523 g/mol. The van der Waals surface area contributed by atoms with Crippen LogP contribution in [0.3, 0.4) is 0 Å². The van der Waals surface area contributed by atoms with Crippen molar-refractivity contribution in [2.24, 2.45) is 0 Å². The molecule has 3 aromatic carbocycles. The van der Waals surface area contributed by atoms with Gasteiger partial charge in [-0.25, -0.2) is 4.79 Å². The summed E-state index contributed by atoms with van der Waals surface area (Å²) in [4.78, 5) is 29.3. The highest BCUT2D eigenvalue weighted by molar-refractivity contribution is 6.19. The Kier molecular flexibility index (Phi) is 6.06. The number of aliphatic hydroxyl groups excluding tert-OH is 3. The number of benzene rings is 3. The van der Waals surface area contributed by atoms with Crippen LogP contribution in [0.1, 0.15) is 22.0 Å². The lowest BCUT2D eigenvalue weighted by Gasteiger charge is -2.20. The minimum absolute atomic E-state index is 0.0593. The zero-order chi connectivity index (χ0) is 26.4. The first-order valence-corrected chi connectivity index (χ1v) is 11.7. The van der Waals surface area contributed by atoms with Gasteiger partial charge in [-0.2, -0.15) is 0 Å². The zero-order valence-corrected chi connectivity index (χ0v) is 19.9. The normalized spacial score (nSPS) is 16.5. The lowest BCUT2D eigenvalue weighted by molar-refractivity contribution is -0.136. The Morgan fingerprint density at radius 3 is 2.54 bits per heavy atom. The van der Waals surface area contributed by atoms with E-state index < -0.39 is 23.8 Å². The van der Waals surface area contributed by atoms with E-state index >= 15 is 0 Å². The van der Waals surface area contributed by atoms with Crippen molar-refractivity contribution in [3.63, 3.8) is 0 Å². The number of nitrogens with two attached hydrogens (primary N) is 1. The molecule has 2 atom stereocenters. The Morgan fingerprint density at radius 2 is 1.84 bits per heavy atom. The molecule has 1 aromatic heterocycles. The number of nitrogens with one attached hydrogen (secondary N) is 1. The number of carbonyl (C=O) groups excluding carboxylic acids is 1. The summed E-state index contributed by atoms with van der Waals surface area (Å²) in [7, 11) is 0. The molecule has 10 nitrogen and oxygen atoms in total. The van der Waals surface area contributed by atoms with Crippen LogP contribution in [0.2, 0.25) is 0 Å². The zero-order valence-electron chi connectivity index (χ0n) is 19.2. The van der Waals surface area contributed by atoms with Crippen molar-refractivity contribution in [2.75, 3.05) is 23.1 Å². The van der Waals surface area contributed by atoms with Crippen LogP contribution < -0.4 is 15.4 Å². The number of aromatic nitrogens is 1. The van der Waals surface area contributed by atoms with Crippen molar-refractivity contribution in [1.82, 2.24) is 4.98 Å². The van der Waals surface area contributed by atoms with Crippen LogP contribution in [-0.2, 0) is 4.79 Å². The van der Waals surface area contributed by atoms with E-state index in [-0.39, 0.29) is 30.0 Å². The lowest BCUT2D eigenvalue weighted by Crippen LogP contribution is -2.30. The molecule has 5 rings (SSSR count). The van der Waals surface area contributed by atoms with Crippen molar-refractivity contribution in [1.29, 1.82) is 0 Å². The highest BCUT2D eigenvalue weighted by Gasteiger charge is 2.36. The van der Waals surface area contributed by atoms with Gasteiger partial charge >= 0.3 is 5.97 Å².